The fraction of sp³-hybridized carbons (Fsp3) is 0.167. The van der Waals surface area contributed by atoms with Crippen molar-refractivity contribution in [1.29, 1.82) is 0 Å². The maximum absolute atomic E-state index is 14.1. The zero-order valence-electron chi connectivity index (χ0n) is 16.8. The second kappa shape index (κ2) is 7.99. The first-order chi connectivity index (χ1) is 14.4. The molecule has 0 aliphatic rings. The molecule has 0 fully saturated rings. The molecule has 0 radical (unpaired) electrons. The number of carbonyl (C=O) groups excluding carboxylic acids is 1. The molecule has 5 nitrogen and oxygen atoms in total. The number of fused-ring (bicyclic) bond motifs is 1. The number of aryl methyl sites for hydroxylation is 2. The molecule has 0 unspecified atom stereocenters. The number of rotatable bonds is 5. The molecule has 6 heteroatoms. The van der Waals surface area contributed by atoms with E-state index in [1.54, 1.807) is 42.6 Å². The van der Waals surface area contributed by atoms with Crippen LogP contribution in [0.1, 0.15) is 27.2 Å². The summed E-state index contributed by atoms with van der Waals surface area (Å²) in [7, 11) is 0. The molecular formula is C24H22FN3O2. The molecule has 0 atom stereocenters. The highest BCUT2D eigenvalue weighted by Crippen LogP contribution is 2.28. The Bertz CT molecular complexity index is 1250. The van der Waals surface area contributed by atoms with Crippen LogP contribution in [0.25, 0.3) is 22.2 Å². The molecule has 0 saturated carbocycles. The summed E-state index contributed by atoms with van der Waals surface area (Å²) >= 11 is 0. The van der Waals surface area contributed by atoms with E-state index in [0.29, 0.717) is 29.7 Å². The summed E-state index contributed by atoms with van der Waals surface area (Å²) in [5, 5.41) is 13.5. The Morgan fingerprint density at radius 1 is 1.17 bits per heavy atom. The SMILES string of the molecule is Cc1[nH]c2c(F)ccc(C)c2c1CCNC(=O)c1ccnc(-c2cccc(O)c2)c1. The van der Waals surface area contributed by atoms with Crippen molar-refractivity contribution in [3.05, 3.63) is 82.9 Å². The zero-order chi connectivity index (χ0) is 21.3. The number of benzene rings is 2. The molecule has 2 aromatic carbocycles. The molecule has 0 aliphatic carbocycles. The molecule has 4 rings (SSSR count). The summed E-state index contributed by atoms with van der Waals surface area (Å²) in [5.74, 6) is -0.338. The van der Waals surface area contributed by atoms with Crippen molar-refractivity contribution in [1.82, 2.24) is 15.3 Å². The Morgan fingerprint density at radius 3 is 2.80 bits per heavy atom. The first kappa shape index (κ1) is 19.6. The summed E-state index contributed by atoms with van der Waals surface area (Å²) in [6.45, 7) is 4.30. The van der Waals surface area contributed by atoms with Gasteiger partial charge in [-0.15, -0.1) is 0 Å². The molecule has 0 spiro atoms. The van der Waals surface area contributed by atoms with Gasteiger partial charge in [-0.3, -0.25) is 9.78 Å². The van der Waals surface area contributed by atoms with Crippen molar-refractivity contribution in [3.8, 4) is 17.0 Å². The number of phenols is 1. The first-order valence-electron chi connectivity index (χ1n) is 9.74. The fourth-order valence-corrected chi connectivity index (χ4v) is 3.75. The summed E-state index contributed by atoms with van der Waals surface area (Å²) in [6, 6.07) is 13.3. The zero-order valence-corrected chi connectivity index (χ0v) is 16.8. The number of phenolic OH excluding ortho intramolecular Hbond substituents is 1. The summed E-state index contributed by atoms with van der Waals surface area (Å²) in [6.07, 6.45) is 2.16. The molecule has 2 heterocycles. The molecular weight excluding hydrogens is 381 g/mol. The normalized spacial score (nSPS) is 11.0. The van der Waals surface area contributed by atoms with Crippen LogP contribution in [0, 0.1) is 19.7 Å². The topological polar surface area (TPSA) is 78.0 Å². The van der Waals surface area contributed by atoms with Gasteiger partial charge >= 0.3 is 0 Å². The lowest BCUT2D eigenvalue weighted by atomic mass is 10.0. The first-order valence-corrected chi connectivity index (χ1v) is 9.74. The van der Waals surface area contributed by atoms with Crippen LogP contribution >= 0.6 is 0 Å². The van der Waals surface area contributed by atoms with Gasteiger partial charge in [0.15, 0.2) is 0 Å². The lowest BCUT2D eigenvalue weighted by Crippen LogP contribution is -2.25. The number of pyridine rings is 1. The van der Waals surface area contributed by atoms with Crippen LogP contribution in [0.2, 0.25) is 0 Å². The highest BCUT2D eigenvalue weighted by Gasteiger charge is 2.14. The van der Waals surface area contributed by atoms with Crippen molar-refractivity contribution >= 4 is 16.8 Å². The second-order valence-electron chi connectivity index (χ2n) is 7.33. The van der Waals surface area contributed by atoms with E-state index in [0.717, 1.165) is 27.8 Å². The highest BCUT2D eigenvalue weighted by molar-refractivity contribution is 5.95. The average molecular weight is 403 g/mol. The van der Waals surface area contributed by atoms with Crippen LogP contribution in [-0.4, -0.2) is 27.5 Å². The second-order valence-corrected chi connectivity index (χ2v) is 7.33. The number of carbonyl (C=O) groups is 1. The summed E-state index contributed by atoms with van der Waals surface area (Å²) < 4.78 is 14.1. The standard InChI is InChI=1S/C24H22FN3O2/c1-14-6-7-20(25)23-22(14)19(15(2)28-23)9-11-27-24(30)17-8-10-26-21(13-17)16-4-3-5-18(29)12-16/h3-8,10,12-13,28-29H,9,11H2,1-2H3,(H,27,30). The van der Waals surface area contributed by atoms with E-state index in [-0.39, 0.29) is 17.5 Å². The van der Waals surface area contributed by atoms with Gasteiger partial charge in [0.05, 0.1) is 11.2 Å². The minimum absolute atomic E-state index is 0.144. The Morgan fingerprint density at radius 2 is 2.00 bits per heavy atom. The predicted octanol–water partition coefficient (Wildman–Crippen LogP) is 4.66. The quantitative estimate of drug-likeness (QED) is 0.453. The third-order valence-electron chi connectivity index (χ3n) is 5.25. The third-order valence-corrected chi connectivity index (χ3v) is 5.25. The monoisotopic (exact) mass is 403 g/mol. The minimum atomic E-state index is -0.273. The number of aromatic nitrogens is 2. The van der Waals surface area contributed by atoms with Gasteiger partial charge < -0.3 is 15.4 Å². The van der Waals surface area contributed by atoms with E-state index >= 15 is 0 Å². The Labute approximate surface area is 173 Å². The van der Waals surface area contributed by atoms with Gasteiger partial charge in [0.2, 0.25) is 0 Å². The average Bonchev–Trinajstić information content (AvgIpc) is 3.08. The van der Waals surface area contributed by atoms with E-state index in [4.69, 9.17) is 0 Å². The number of aromatic hydroxyl groups is 1. The van der Waals surface area contributed by atoms with Crippen molar-refractivity contribution in [2.45, 2.75) is 20.3 Å². The predicted molar refractivity (Wildman–Crippen MR) is 115 cm³/mol. The van der Waals surface area contributed by atoms with E-state index in [2.05, 4.69) is 15.3 Å². The van der Waals surface area contributed by atoms with Crippen molar-refractivity contribution < 1.29 is 14.3 Å². The van der Waals surface area contributed by atoms with Gasteiger partial charge in [-0.2, -0.15) is 0 Å². The van der Waals surface area contributed by atoms with E-state index in [1.165, 1.54) is 6.07 Å². The molecule has 152 valence electrons. The van der Waals surface area contributed by atoms with E-state index in [9.17, 15) is 14.3 Å². The Hall–Kier alpha value is -3.67. The number of nitrogens with one attached hydrogen (secondary N) is 2. The van der Waals surface area contributed by atoms with Crippen molar-refractivity contribution in [2.75, 3.05) is 6.54 Å². The van der Waals surface area contributed by atoms with Gasteiger partial charge in [0.25, 0.3) is 5.91 Å². The number of amides is 1. The minimum Gasteiger partial charge on any atom is -0.508 e. The number of nitrogens with zero attached hydrogens (tertiary/aromatic N) is 1. The fourth-order valence-electron chi connectivity index (χ4n) is 3.75. The van der Waals surface area contributed by atoms with Gasteiger partial charge in [-0.05, 0) is 61.7 Å². The van der Waals surface area contributed by atoms with Crippen LogP contribution in [0.15, 0.2) is 54.7 Å². The molecule has 30 heavy (non-hydrogen) atoms. The molecule has 1 amide bonds. The maximum atomic E-state index is 14.1. The number of hydrogen-bond acceptors (Lipinski definition) is 3. The molecule has 0 bridgehead atoms. The van der Waals surface area contributed by atoms with Crippen molar-refractivity contribution in [2.24, 2.45) is 0 Å². The van der Waals surface area contributed by atoms with Gasteiger partial charge in [-0.25, -0.2) is 4.39 Å². The van der Waals surface area contributed by atoms with Crippen LogP contribution in [-0.2, 0) is 6.42 Å². The smallest absolute Gasteiger partial charge is 0.251 e. The molecule has 2 aromatic heterocycles. The number of hydrogen-bond donors (Lipinski definition) is 3. The van der Waals surface area contributed by atoms with E-state index in [1.807, 2.05) is 19.9 Å². The van der Waals surface area contributed by atoms with Crippen LogP contribution in [0.5, 0.6) is 5.75 Å². The third kappa shape index (κ3) is 3.76. The maximum Gasteiger partial charge on any atom is 0.251 e. The lowest BCUT2D eigenvalue weighted by molar-refractivity contribution is 0.0954. The summed E-state index contributed by atoms with van der Waals surface area (Å²) in [4.78, 5) is 20.0. The lowest BCUT2D eigenvalue weighted by Gasteiger charge is -2.08. The van der Waals surface area contributed by atoms with E-state index < -0.39 is 0 Å². The van der Waals surface area contributed by atoms with Gasteiger partial charge in [0, 0.05) is 34.9 Å². The van der Waals surface area contributed by atoms with Gasteiger partial charge in [0.1, 0.15) is 11.6 Å². The van der Waals surface area contributed by atoms with Crippen molar-refractivity contribution in [3.63, 3.8) is 0 Å². The van der Waals surface area contributed by atoms with Crippen LogP contribution in [0.4, 0.5) is 4.39 Å². The molecule has 4 aromatic rings. The highest BCUT2D eigenvalue weighted by atomic mass is 19.1. The van der Waals surface area contributed by atoms with Crippen LogP contribution < -0.4 is 5.32 Å². The Balaban J connectivity index is 1.49. The van der Waals surface area contributed by atoms with Gasteiger partial charge in [-0.1, -0.05) is 18.2 Å². The largest absolute Gasteiger partial charge is 0.508 e. The number of aromatic amines is 1. The number of H-pyrrole nitrogens is 1. The molecule has 0 saturated heterocycles. The van der Waals surface area contributed by atoms with Crippen LogP contribution in [0.3, 0.4) is 0 Å². The number of halogens is 1. The summed E-state index contributed by atoms with van der Waals surface area (Å²) in [5.41, 5.74) is 5.26. The molecule has 0 aliphatic heterocycles. The Kier molecular flexibility index (Phi) is 5.23. The molecule has 3 N–H and O–H groups in total.